The molecule has 6 nitrogen and oxygen atoms in total. The Balaban J connectivity index is 1.75. The van der Waals surface area contributed by atoms with Gasteiger partial charge in [0.2, 0.25) is 5.91 Å². The Kier molecular flexibility index (Phi) is 4.13. The van der Waals surface area contributed by atoms with Crippen molar-refractivity contribution in [1.29, 1.82) is 0 Å². The first-order valence-corrected chi connectivity index (χ1v) is 8.88. The lowest BCUT2D eigenvalue weighted by Gasteiger charge is -2.33. The van der Waals surface area contributed by atoms with Gasteiger partial charge in [-0.05, 0) is 43.5 Å². The second kappa shape index (κ2) is 6.29. The molecule has 1 saturated carbocycles. The largest absolute Gasteiger partial charge is 0.435 e. The SMILES string of the molecule is CC1N=CC=CC1(C(N)=O)c1ccc(-n2nc(C(F)(F)F)cc2C2CC2)nc1. The van der Waals surface area contributed by atoms with Crippen molar-refractivity contribution in [3.05, 3.63) is 53.5 Å². The summed E-state index contributed by atoms with van der Waals surface area (Å²) >= 11 is 0. The van der Waals surface area contributed by atoms with Gasteiger partial charge in [0.1, 0.15) is 5.41 Å². The maximum absolute atomic E-state index is 13.1. The van der Waals surface area contributed by atoms with Crippen LogP contribution in [0.5, 0.6) is 0 Å². The van der Waals surface area contributed by atoms with Gasteiger partial charge in [-0.3, -0.25) is 9.79 Å². The van der Waals surface area contributed by atoms with Crippen molar-refractivity contribution in [2.24, 2.45) is 10.7 Å². The Morgan fingerprint density at radius 2 is 2.07 bits per heavy atom. The number of dihydropyridines is 1. The van der Waals surface area contributed by atoms with Crippen LogP contribution in [0.1, 0.15) is 42.6 Å². The number of alkyl halides is 3. The summed E-state index contributed by atoms with van der Waals surface area (Å²) in [6.45, 7) is 1.77. The van der Waals surface area contributed by atoms with Gasteiger partial charge in [0.15, 0.2) is 11.5 Å². The maximum Gasteiger partial charge on any atom is 0.435 e. The van der Waals surface area contributed by atoms with E-state index in [4.69, 9.17) is 5.73 Å². The van der Waals surface area contributed by atoms with Gasteiger partial charge in [-0.2, -0.15) is 18.3 Å². The highest BCUT2D eigenvalue weighted by Crippen LogP contribution is 2.43. The summed E-state index contributed by atoms with van der Waals surface area (Å²) in [5.41, 5.74) is 4.59. The molecule has 0 bridgehead atoms. The fourth-order valence-corrected chi connectivity index (χ4v) is 3.54. The van der Waals surface area contributed by atoms with E-state index < -0.39 is 29.2 Å². The van der Waals surface area contributed by atoms with Crippen molar-refractivity contribution < 1.29 is 18.0 Å². The van der Waals surface area contributed by atoms with E-state index in [1.807, 2.05) is 0 Å². The lowest BCUT2D eigenvalue weighted by molar-refractivity contribution is -0.141. The monoisotopic (exact) mass is 389 g/mol. The Bertz CT molecular complexity index is 972. The van der Waals surface area contributed by atoms with Crippen LogP contribution in [0, 0.1) is 0 Å². The molecule has 28 heavy (non-hydrogen) atoms. The third kappa shape index (κ3) is 2.90. The van der Waals surface area contributed by atoms with E-state index in [1.165, 1.54) is 10.9 Å². The number of nitrogens with two attached hydrogens (primary N) is 1. The summed E-state index contributed by atoms with van der Waals surface area (Å²) in [5, 5.41) is 3.72. The third-order valence-electron chi connectivity index (χ3n) is 5.29. The molecule has 1 fully saturated rings. The summed E-state index contributed by atoms with van der Waals surface area (Å²) in [4.78, 5) is 20.8. The number of halogens is 3. The van der Waals surface area contributed by atoms with Crippen LogP contribution in [-0.2, 0) is 16.4 Å². The van der Waals surface area contributed by atoms with Crippen molar-refractivity contribution in [3.63, 3.8) is 0 Å². The molecule has 0 spiro atoms. The summed E-state index contributed by atoms with van der Waals surface area (Å²) in [6.07, 6.45) is 3.50. The summed E-state index contributed by atoms with van der Waals surface area (Å²) in [6, 6.07) is 3.85. The number of nitrogens with zero attached hydrogens (tertiary/aromatic N) is 4. The molecular formula is C19H18F3N5O. The second-order valence-electron chi connectivity index (χ2n) is 7.11. The third-order valence-corrected chi connectivity index (χ3v) is 5.29. The first-order valence-electron chi connectivity index (χ1n) is 8.88. The molecule has 2 atom stereocenters. The summed E-state index contributed by atoms with van der Waals surface area (Å²) in [7, 11) is 0. The van der Waals surface area contributed by atoms with E-state index in [1.54, 1.807) is 37.4 Å². The molecule has 0 aromatic carbocycles. The van der Waals surface area contributed by atoms with Crippen LogP contribution in [0.15, 0.2) is 41.5 Å². The van der Waals surface area contributed by atoms with Crippen LogP contribution < -0.4 is 5.73 Å². The van der Waals surface area contributed by atoms with E-state index in [0.717, 1.165) is 18.9 Å². The molecule has 9 heteroatoms. The standard InChI is InChI=1S/C19H18F3N5O/c1-11-18(17(23)28,7-2-8-24-11)13-5-6-16(25-10-13)27-14(12-3-4-12)9-15(26-27)19(20,21)22/h2,5-12H,3-4H2,1H3,(H2,23,28). The van der Waals surface area contributed by atoms with Gasteiger partial charge < -0.3 is 5.73 Å². The Hall–Kier alpha value is -2.97. The minimum atomic E-state index is -4.52. The number of hydrogen-bond donors (Lipinski definition) is 1. The zero-order valence-corrected chi connectivity index (χ0v) is 15.0. The number of aromatic nitrogens is 3. The van der Waals surface area contributed by atoms with Crippen LogP contribution in [0.4, 0.5) is 13.2 Å². The number of pyridine rings is 1. The highest BCUT2D eigenvalue weighted by molar-refractivity contribution is 5.92. The van der Waals surface area contributed by atoms with E-state index >= 15 is 0 Å². The van der Waals surface area contributed by atoms with Gasteiger partial charge in [-0.1, -0.05) is 12.1 Å². The van der Waals surface area contributed by atoms with Gasteiger partial charge in [0, 0.05) is 24.0 Å². The van der Waals surface area contributed by atoms with E-state index in [9.17, 15) is 18.0 Å². The number of rotatable bonds is 4. The predicted molar refractivity (Wildman–Crippen MR) is 96.3 cm³/mol. The van der Waals surface area contributed by atoms with E-state index in [-0.39, 0.29) is 11.7 Å². The predicted octanol–water partition coefficient (Wildman–Crippen LogP) is 2.92. The molecule has 0 saturated heterocycles. The Labute approximate surface area is 159 Å². The summed E-state index contributed by atoms with van der Waals surface area (Å²) < 4.78 is 40.5. The topological polar surface area (TPSA) is 86.2 Å². The molecular weight excluding hydrogens is 371 g/mol. The number of allylic oxidation sites excluding steroid dienone is 1. The molecule has 2 aromatic heterocycles. The minimum Gasteiger partial charge on any atom is -0.369 e. The van der Waals surface area contributed by atoms with Crippen LogP contribution in [0.2, 0.25) is 0 Å². The van der Waals surface area contributed by atoms with Crippen molar-refractivity contribution in [2.45, 2.75) is 43.3 Å². The average molecular weight is 389 g/mol. The molecule has 2 unspecified atom stereocenters. The molecule has 4 rings (SSSR count). The first-order chi connectivity index (χ1) is 13.2. The fraction of sp³-hybridized carbons (Fsp3) is 0.368. The van der Waals surface area contributed by atoms with Crippen LogP contribution in [-0.4, -0.2) is 32.9 Å². The number of carbonyl (C=O) groups excluding carboxylic acids is 1. The molecule has 146 valence electrons. The van der Waals surface area contributed by atoms with Crippen LogP contribution >= 0.6 is 0 Å². The van der Waals surface area contributed by atoms with Gasteiger partial charge in [-0.25, -0.2) is 9.67 Å². The molecule has 2 aliphatic rings. The highest BCUT2D eigenvalue weighted by Gasteiger charge is 2.43. The molecule has 2 aromatic rings. The van der Waals surface area contributed by atoms with Crippen LogP contribution in [0.3, 0.4) is 0 Å². The number of hydrogen-bond acceptors (Lipinski definition) is 4. The molecule has 2 N–H and O–H groups in total. The second-order valence-corrected chi connectivity index (χ2v) is 7.11. The van der Waals surface area contributed by atoms with E-state index in [0.29, 0.717) is 11.3 Å². The normalized spacial score (nSPS) is 24.5. The van der Waals surface area contributed by atoms with Gasteiger partial charge in [0.25, 0.3) is 0 Å². The smallest absolute Gasteiger partial charge is 0.369 e. The Morgan fingerprint density at radius 1 is 1.32 bits per heavy atom. The number of amides is 1. The van der Waals surface area contributed by atoms with Crippen molar-refractivity contribution in [1.82, 2.24) is 14.8 Å². The van der Waals surface area contributed by atoms with Gasteiger partial charge >= 0.3 is 6.18 Å². The van der Waals surface area contributed by atoms with Crippen molar-refractivity contribution in [2.75, 3.05) is 0 Å². The molecule has 0 radical (unpaired) electrons. The van der Waals surface area contributed by atoms with Crippen molar-refractivity contribution in [3.8, 4) is 5.82 Å². The molecule has 1 amide bonds. The van der Waals surface area contributed by atoms with Crippen LogP contribution in [0.25, 0.3) is 5.82 Å². The number of aliphatic imine (C=N–C) groups is 1. The first kappa shape index (κ1) is 18.4. The molecule has 3 heterocycles. The lowest BCUT2D eigenvalue weighted by Crippen LogP contribution is -2.48. The zero-order valence-electron chi connectivity index (χ0n) is 15.0. The van der Waals surface area contributed by atoms with Gasteiger partial charge in [0.05, 0.1) is 6.04 Å². The lowest BCUT2D eigenvalue weighted by atomic mass is 9.73. The summed E-state index contributed by atoms with van der Waals surface area (Å²) in [5.74, 6) is -0.255. The number of primary amides is 1. The van der Waals surface area contributed by atoms with Gasteiger partial charge in [-0.15, -0.1) is 0 Å². The maximum atomic E-state index is 13.1. The quantitative estimate of drug-likeness (QED) is 0.872. The fourth-order valence-electron chi connectivity index (χ4n) is 3.54. The van der Waals surface area contributed by atoms with Crippen molar-refractivity contribution >= 4 is 12.1 Å². The zero-order chi connectivity index (χ0) is 20.1. The minimum absolute atomic E-state index is 0.0534. The number of carbonyl (C=O) groups is 1. The molecule has 1 aliphatic carbocycles. The Morgan fingerprint density at radius 3 is 2.61 bits per heavy atom. The molecule has 1 aliphatic heterocycles. The van der Waals surface area contributed by atoms with E-state index in [2.05, 4.69) is 15.1 Å². The average Bonchev–Trinajstić information content (AvgIpc) is 3.39. The highest BCUT2D eigenvalue weighted by atomic mass is 19.4.